The fraction of sp³-hybridized carbons (Fsp3) is 0.143. The molecule has 5 nitrogen and oxygen atoms in total. The van der Waals surface area contributed by atoms with E-state index in [1.165, 1.54) is 12.4 Å². The summed E-state index contributed by atoms with van der Waals surface area (Å²) in [5, 5.41) is 3.05. The Hall–Kier alpha value is -1.92. The van der Waals surface area contributed by atoms with Crippen LogP contribution < -0.4 is 5.32 Å². The van der Waals surface area contributed by atoms with E-state index in [1.54, 1.807) is 36.4 Å². The van der Waals surface area contributed by atoms with Gasteiger partial charge in [0.05, 0.1) is 5.75 Å². The van der Waals surface area contributed by atoms with Gasteiger partial charge >= 0.3 is 0 Å². The average molecular weight is 325 g/mol. The van der Waals surface area contributed by atoms with Crippen molar-refractivity contribution in [1.29, 1.82) is 0 Å². The molecular formula is C14H13ClN2O3S. The lowest BCUT2D eigenvalue weighted by molar-refractivity contribution is -0.113. The minimum absolute atomic E-state index is 0.200. The predicted molar refractivity (Wildman–Crippen MR) is 81.8 cm³/mol. The molecule has 0 spiro atoms. The van der Waals surface area contributed by atoms with Crippen LogP contribution in [0.25, 0.3) is 0 Å². The fourth-order valence-corrected chi connectivity index (χ4v) is 3.12. The second kappa shape index (κ2) is 6.69. The van der Waals surface area contributed by atoms with Crippen molar-refractivity contribution in [2.24, 2.45) is 0 Å². The number of nitrogens with zero attached hydrogens (tertiary/aromatic N) is 1. The first kappa shape index (κ1) is 15.5. The molecule has 0 aliphatic carbocycles. The summed E-state index contributed by atoms with van der Waals surface area (Å²) in [6, 6.07) is 9.65. The topological polar surface area (TPSA) is 76.1 Å². The molecule has 0 atom stereocenters. The van der Waals surface area contributed by atoms with Crippen LogP contribution in [0.3, 0.4) is 0 Å². The van der Waals surface area contributed by atoms with Crippen LogP contribution in [0.15, 0.2) is 48.8 Å². The lowest BCUT2D eigenvalue weighted by Gasteiger charge is -2.06. The first-order valence-corrected chi connectivity index (χ1v) is 8.29. The van der Waals surface area contributed by atoms with Crippen molar-refractivity contribution >= 4 is 33.0 Å². The molecule has 7 heteroatoms. The van der Waals surface area contributed by atoms with Crippen molar-refractivity contribution in [2.45, 2.75) is 5.75 Å². The Morgan fingerprint density at radius 3 is 2.33 bits per heavy atom. The highest BCUT2D eigenvalue weighted by molar-refractivity contribution is 7.91. The molecule has 110 valence electrons. The van der Waals surface area contributed by atoms with E-state index in [0.29, 0.717) is 16.3 Å². The van der Waals surface area contributed by atoms with Gasteiger partial charge in [-0.15, -0.1) is 0 Å². The number of amides is 1. The Morgan fingerprint density at radius 1 is 1.10 bits per heavy atom. The van der Waals surface area contributed by atoms with Crippen LogP contribution >= 0.6 is 11.6 Å². The Labute approximate surface area is 127 Å². The number of nitrogens with one attached hydrogen (secondary N) is 1. The lowest BCUT2D eigenvalue weighted by atomic mass is 10.2. The minimum Gasteiger partial charge on any atom is -0.325 e. The molecule has 1 amide bonds. The van der Waals surface area contributed by atoms with Crippen LogP contribution in [0.4, 0.5) is 5.69 Å². The number of carbonyl (C=O) groups is 1. The summed E-state index contributed by atoms with van der Waals surface area (Å²) in [6.07, 6.45) is 3.02. The van der Waals surface area contributed by atoms with Gasteiger partial charge in [-0.1, -0.05) is 23.7 Å². The zero-order valence-corrected chi connectivity index (χ0v) is 12.6. The molecule has 1 N–H and O–H groups in total. The smallest absolute Gasteiger partial charge is 0.239 e. The largest absolute Gasteiger partial charge is 0.325 e. The molecule has 0 unspecified atom stereocenters. The van der Waals surface area contributed by atoms with E-state index in [9.17, 15) is 13.2 Å². The number of carbonyl (C=O) groups excluding carboxylic acids is 1. The molecule has 0 radical (unpaired) electrons. The van der Waals surface area contributed by atoms with E-state index in [4.69, 9.17) is 11.6 Å². The molecule has 1 heterocycles. The maximum absolute atomic E-state index is 12.0. The molecule has 0 bridgehead atoms. The highest BCUT2D eigenvalue weighted by Crippen LogP contribution is 2.13. The van der Waals surface area contributed by atoms with Crippen molar-refractivity contribution < 1.29 is 13.2 Å². The SMILES string of the molecule is O=C(CS(=O)(=O)Cc1ccc(Cl)cc1)Nc1ccncc1. The molecule has 1 aromatic heterocycles. The Balaban J connectivity index is 1.97. The summed E-state index contributed by atoms with van der Waals surface area (Å²) in [7, 11) is -3.54. The van der Waals surface area contributed by atoms with Crippen LogP contribution in [0.2, 0.25) is 5.02 Å². The zero-order chi connectivity index (χ0) is 15.3. The molecule has 0 saturated carbocycles. The summed E-state index contributed by atoms with van der Waals surface area (Å²) in [5.74, 6) is -1.35. The van der Waals surface area contributed by atoms with Crippen molar-refractivity contribution in [1.82, 2.24) is 4.98 Å². The van der Waals surface area contributed by atoms with Gasteiger partial charge in [-0.3, -0.25) is 9.78 Å². The summed E-state index contributed by atoms with van der Waals surface area (Å²) < 4.78 is 24.0. The number of sulfone groups is 1. The van der Waals surface area contributed by atoms with Gasteiger partial charge in [0.1, 0.15) is 5.75 Å². The summed E-state index contributed by atoms with van der Waals surface area (Å²) in [4.78, 5) is 15.6. The third-order valence-electron chi connectivity index (χ3n) is 2.61. The van der Waals surface area contributed by atoms with Crippen molar-refractivity contribution in [2.75, 3.05) is 11.1 Å². The summed E-state index contributed by atoms with van der Waals surface area (Å²) >= 11 is 5.74. The summed E-state index contributed by atoms with van der Waals surface area (Å²) in [6.45, 7) is 0. The van der Waals surface area contributed by atoms with Gasteiger partial charge in [0.2, 0.25) is 5.91 Å². The molecule has 2 rings (SSSR count). The molecule has 2 aromatic rings. The van der Waals surface area contributed by atoms with Crippen LogP contribution in [0.1, 0.15) is 5.56 Å². The molecule has 1 aromatic carbocycles. The van der Waals surface area contributed by atoms with Crippen LogP contribution in [0, 0.1) is 0 Å². The third kappa shape index (κ3) is 5.17. The first-order valence-electron chi connectivity index (χ1n) is 6.09. The second-order valence-corrected chi connectivity index (χ2v) is 6.94. The van der Waals surface area contributed by atoms with Gasteiger partial charge in [0.25, 0.3) is 0 Å². The number of hydrogen-bond acceptors (Lipinski definition) is 4. The standard InChI is InChI=1S/C14H13ClN2O3S/c15-12-3-1-11(2-4-12)9-21(19,20)10-14(18)17-13-5-7-16-8-6-13/h1-8H,9-10H2,(H,16,17,18). The zero-order valence-electron chi connectivity index (χ0n) is 11.0. The van der Waals surface area contributed by atoms with Gasteiger partial charge in [-0.2, -0.15) is 0 Å². The van der Waals surface area contributed by atoms with Gasteiger partial charge in [-0.05, 0) is 29.8 Å². The van der Waals surface area contributed by atoms with Gasteiger partial charge in [0, 0.05) is 23.1 Å². The van der Waals surface area contributed by atoms with Gasteiger partial charge in [-0.25, -0.2) is 8.42 Å². The molecular weight excluding hydrogens is 312 g/mol. The minimum atomic E-state index is -3.54. The quantitative estimate of drug-likeness (QED) is 0.915. The molecule has 0 saturated heterocycles. The number of anilines is 1. The van der Waals surface area contributed by atoms with E-state index in [0.717, 1.165) is 0 Å². The Bertz CT molecular complexity index is 716. The number of halogens is 1. The maximum Gasteiger partial charge on any atom is 0.239 e. The van der Waals surface area contributed by atoms with Crippen molar-refractivity contribution in [3.63, 3.8) is 0 Å². The molecule has 21 heavy (non-hydrogen) atoms. The number of aromatic nitrogens is 1. The second-order valence-electron chi connectivity index (χ2n) is 4.44. The van der Waals surface area contributed by atoms with Gasteiger partial charge in [0.15, 0.2) is 9.84 Å². The van der Waals surface area contributed by atoms with E-state index >= 15 is 0 Å². The molecule has 0 aliphatic rings. The van der Waals surface area contributed by atoms with Crippen LogP contribution in [0.5, 0.6) is 0 Å². The number of hydrogen-bond donors (Lipinski definition) is 1. The summed E-state index contributed by atoms with van der Waals surface area (Å²) in [5.41, 5.74) is 1.10. The van der Waals surface area contributed by atoms with E-state index in [1.807, 2.05) is 0 Å². The number of rotatable bonds is 5. The average Bonchev–Trinajstić information content (AvgIpc) is 2.41. The van der Waals surface area contributed by atoms with Crippen molar-refractivity contribution in [3.05, 3.63) is 59.4 Å². The third-order valence-corrected chi connectivity index (χ3v) is 4.34. The monoisotopic (exact) mass is 324 g/mol. The predicted octanol–water partition coefficient (Wildman–Crippen LogP) is 2.29. The lowest BCUT2D eigenvalue weighted by Crippen LogP contribution is -2.23. The molecule has 0 aliphatic heterocycles. The molecule has 0 fully saturated rings. The fourth-order valence-electron chi connectivity index (χ4n) is 1.72. The Kier molecular flexibility index (Phi) is 4.93. The van der Waals surface area contributed by atoms with E-state index in [2.05, 4.69) is 10.3 Å². The normalized spacial score (nSPS) is 11.1. The highest BCUT2D eigenvalue weighted by atomic mass is 35.5. The van der Waals surface area contributed by atoms with E-state index in [-0.39, 0.29) is 5.75 Å². The Morgan fingerprint density at radius 2 is 1.71 bits per heavy atom. The van der Waals surface area contributed by atoms with Crippen molar-refractivity contribution in [3.8, 4) is 0 Å². The van der Waals surface area contributed by atoms with Gasteiger partial charge < -0.3 is 5.32 Å². The highest BCUT2D eigenvalue weighted by Gasteiger charge is 2.17. The van der Waals surface area contributed by atoms with E-state index < -0.39 is 21.5 Å². The number of benzene rings is 1. The number of pyridine rings is 1. The van der Waals surface area contributed by atoms with Crippen LogP contribution in [-0.4, -0.2) is 25.1 Å². The maximum atomic E-state index is 12.0. The van der Waals surface area contributed by atoms with Crippen LogP contribution in [-0.2, 0) is 20.4 Å². The first-order chi connectivity index (χ1) is 9.94.